The van der Waals surface area contributed by atoms with E-state index in [2.05, 4.69) is 15.3 Å². The van der Waals surface area contributed by atoms with E-state index in [1.165, 1.54) is 12.1 Å². The van der Waals surface area contributed by atoms with Crippen LogP contribution < -0.4 is 11.1 Å². The minimum atomic E-state index is -0.267. The third-order valence-electron chi connectivity index (χ3n) is 4.04. The summed E-state index contributed by atoms with van der Waals surface area (Å²) >= 11 is 0. The second-order valence-corrected chi connectivity index (χ2v) is 5.93. The molecule has 1 heterocycles. The molecule has 25 heavy (non-hydrogen) atoms. The molecule has 130 valence electrons. The van der Waals surface area contributed by atoms with Gasteiger partial charge in [-0.15, -0.1) is 0 Å². The van der Waals surface area contributed by atoms with Gasteiger partial charge in [0.25, 0.3) is 5.91 Å². The van der Waals surface area contributed by atoms with E-state index >= 15 is 0 Å². The number of nitrogens with zero attached hydrogens (tertiary/aromatic N) is 1. The largest absolute Gasteiger partial charge is 0.349 e. The van der Waals surface area contributed by atoms with Crippen molar-refractivity contribution in [1.82, 2.24) is 15.3 Å². The minimum absolute atomic E-state index is 0.215. The Kier molecular flexibility index (Phi) is 5.40. The highest BCUT2D eigenvalue weighted by atomic mass is 19.1. The average Bonchev–Trinajstić information content (AvgIpc) is 3.05. The van der Waals surface area contributed by atoms with Crippen molar-refractivity contribution in [2.45, 2.75) is 19.3 Å². The summed E-state index contributed by atoms with van der Waals surface area (Å²) in [4.78, 5) is 19.5. The molecular weight excluding hydrogens is 319 g/mol. The summed E-state index contributed by atoms with van der Waals surface area (Å²) < 4.78 is 13.1. The van der Waals surface area contributed by atoms with Crippen LogP contribution in [0.25, 0.3) is 22.2 Å². The third kappa shape index (κ3) is 4.22. The summed E-state index contributed by atoms with van der Waals surface area (Å²) in [7, 11) is 0. The summed E-state index contributed by atoms with van der Waals surface area (Å²) in [5.74, 6) is -0.186. The van der Waals surface area contributed by atoms with Crippen LogP contribution in [0.3, 0.4) is 0 Å². The summed E-state index contributed by atoms with van der Waals surface area (Å²) in [6, 6.07) is 12.0. The molecule has 0 aliphatic rings. The zero-order valence-corrected chi connectivity index (χ0v) is 13.9. The van der Waals surface area contributed by atoms with Crippen molar-refractivity contribution in [3.8, 4) is 11.1 Å². The lowest BCUT2D eigenvalue weighted by Crippen LogP contribution is -2.25. The number of rotatable bonds is 7. The van der Waals surface area contributed by atoms with Gasteiger partial charge < -0.3 is 16.0 Å². The SMILES string of the molecule is NCCCCCNC(=O)c1nc2ccc(-c3ccc(F)cc3)cc2[nH]1. The Bertz CT molecular complexity index is 857. The van der Waals surface area contributed by atoms with Crippen molar-refractivity contribution in [1.29, 1.82) is 0 Å². The Hall–Kier alpha value is -2.73. The molecule has 1 amide bonds. The topological polar surface area (TPSA) is 83.8 Å². The minimum Gasteiger partial charge on any atom is -0.349 e. The maximum atomic E-state index is 13.1. The van der Waals surface area contributed by atoms with Crippen LogP contribution in [-0.2, 0) is 0 Å². The van der Waals surface area contributed by atoms with Crippen LogP contribution in [0.1, 0.15) is 29.9 Å². The molecule has 0 radical (unpaired) electrons. The van der Waals surface area contributed by atoms with E-state index in [0.717, 1.165) is 41.4 Å². The zero-order chi connectivity index (χ0) is 17.6. The monoisotopic (exact) mass is 340 g/mol. The smallest absolute Gasteiger partial charge is 0.287 e. The number of carbonyl (C=O) groups is 1. The fraction of sp³-hybridized carbons (Fsp3) is 0.263. The highest BCUT2D eigenvalue weighted by Gasteiger charge is 2.11. The van der Waals surface area contributed by atoms with E-state index in [0.29, 0.717) is 18.9 Å². The number of halogens is 1. The Morgan fingerprint density at radius 3 is 2.60 bits per heavy atom. The van der Waals surface area contributed by atoms with Crippen LogP contribution >= 0.6 is 0 Å². The van der Waals surface area contributed by atoms with Crippen LogP contribution in [0, 0.1) is 5.82 Å². The number of aromatic nitrogens is 2. The predicted octanol–water partition coefficient (Wildman–Crippen LogP) is 3.23. The Labute approximate surface area is 145 Å². The van der Waals surface area contributed by atoms with Crippen molar-refractivity contribution in [3.05, 3.63) is 54.1 Å². The Balaban J connectivity index is 1.71. The molecular formula is C19H21FN4O. The van der Waals surface area contributed by atoms with Crippen LogP contribution in [0.4, 0.5) is 4.39 Å². The highest BCUT2D eigenvalue weighted by Crippen LogP contribution is 2.23. The van der Waals surface area contributed by atoms with Gasteiger partial charge in [-0.1, -0.05) is 24.6 Å². The van der Waals surface area contributed by atoms with Crippen molar-refractivity contribution in [2.75, 3.05) is 13.1 Å². The third-order valence-corrected chi connectivity index (χ3v) is 4.04. The number of aromatic amines is 1. The fourth-order valence-corrected chi connectivity index (χ4v) is 2.67. The molecule has 0 saturated carbocycles. The Morgan fingerprint density at radius 2 is 1.84 bits per heavy atom. The zero-order valence-electron chi connectivity index (χ0n) is 13.9. The van der Waals surface area contributed by atoms with Gasteiger partial charge in [-0.05, 0) is 54.8 Å². The lowest BCUT2D eigenvalue weighted by molar-refractivity contribution is 0.0944. The number of amides is 1. The van der Waals surface area contributed by atoms with E-state index in [1.54, 1.807) is 12.1 Å². The van der Waals surface area contributed by atoms with Gasteiger partial charge in [-0.25, -0.2) is 9.37 Å². The van der Waals surface area contributed by atoms with Crippen molar-refractivity contribution in [2.24, 2.45) is 5.73 Å². The van der Waals surface area contributed by atoms with Gasteiger partial charge in [0.1, 0.15) is 5.82 Å². The van der Waals surface area contributed by atoms with Crippen molar-refractivity contribution in [3.63, 3.8) is 0 Å². The predicted molar refractivity (Wildman–Crippen MR) is 96.7 cm³/mol. The van der Waals surface area contributed by atoms with Gasteiger partial charge in [0.05, 0.1) is 11.0 Å². The molecule has 3 aromatic rings. The number of nitrogens with one attached hydrogen (secondary N) is 2. The van der Waals surface area contributed by atoms with Crippen LogP contribution in [0.2, 0.25) is 0 Å². The first-order valence-electron chi connectivity index (χ1n) is 8.41. The van der Waals surface area contributed by atoms with E-state index in [1.807, 2.05) is 18.2 Å². The number of H-pyrrole nitrogens is 1. The number of benzene rings is 2. The lowest BCUT2D eigenvalue weighted by Gasteiger charge is -2.02. The summed E-state index contributed by atoms with van der Waals surface area (Å²) in [5, 5.41) is 2.86. The molecule has 0 unspecified atom stereocenters. The van der Waals surface area contributed by atoms with Crippen LogP contribution in [-0.4, -0.2) is 29.0 Å². The Morgan fingerprint density at radius 1 is 1.08 bits per heavy atom. The molecule has 6 heteroatoms. The molecule has 0 saturated heterocycles. The number of imidazole rings is 1. The van der Waals surface area contributed by atoms with Crippen LogP contribution in [0.15, 0.2) is 42.5 Å². The van der Waals surface area contributed by atoms with E-state index in [9.17, 15) is 9.18 Å². The van der Waals surface area contributed by atoms with Gasteiger partial charge >= 0.3 is 0 Å². The fourth-order valence-electron chi connectivity index (χ4n) is 2.67. The maximum absolute atomic E-state index is 13.1. The second-order valence-electron chi connectivity index (χ2n) is 5.93. The first-order valence-corrected chi connectivity index (χ1v) is 8.41. The molecule has 0 spiro atoms. The molecule has 1 aromatic heterocycles. The number of fused-ring (bicyclic) bond motifs is 1. The van der Waals surface area contributed by atoms with Crippen molar-refractivity contribution < 1.29 is 9.18 Å². The number of hydrogen-bond donors (Lipinski definition) is 3. The summed E-state index contributed by atoms with van der Waals surface area (Å²) in [6.07, 6.45) is 2.86. The van der Waals surface area contributed by atoms with Crippen molar-refractivity contribution >= 4 is 16.9 Å². The molecule has 3 rings (SSSR count). The van der Waals surface area contributed by atoms with Gasteiger partial charge in [0.15, 0.2) is 5.82 Å². The average molecular weight is 340 g/mol. The summed E-state index contributed by atoms with van der Waals surface area (Å²) in [6.45, 7) is 1.28. The number of nitrogens with two attached hydrogens (primary N) is 1. The van der Waals surface area contributed by atoms with E-state index in [4.69, 9.17) is 5.73 Å². The first kappa shape index (κ1) is 17.1. The highest BCUT2D eigenvalue weighted by molar-refractivity contribution is 5.94. The summed E-state index contributed by atoms with van der Waals surface area (Å²) in [5.41, 5.74) is 8.78. The normalized spacial score (nSPS) is 11.0. The number of carbonyl (C=O) groups excluding carboxylic acids is 1. The number of unbranched alkanes of at least 4 members (excludes halogenated alkanes) is 2. The van der Waals surface area contributed by atoms with E-state index in [-0.39, 0.29) is 11.7 Å². The molecule has 0 fully saturated rings. The van der Waals surface area contributed by atoms with Crippen LogP contribution in [0.5, 0.6) is 0 Å². The molecule has 0 atom stereocenters. The molecule has 0 aliphatic heterocycles. The molecule has 0 aliphatic carbocycles. The molecule has 4 N–H and O–H groups in total. The quantitative estimate of drug-likeness (QED) is 0.577. The van der Waals surface area contributed by atoms with Gasteiger partial charge in [0, 0.05) is 6.54 Å². The first-order chi connectivity index (χ1) is 12.2. The maximum Gasteiger partial charge on any atom is 0.287 e. The van der Waals surface area contributed by atoms with Gasteiger partial charge in [0.2, 0.25) is 0 Å². The lowest BCUT2D eigenvalue weighted by atomic mass is 10.1. The standard InChI is InChI=1S/C19H21FN4O/c20-15-7-4-13(5-8-15)14-6-9-16-17(12-14)24-18(23-16)19(25)22-11-3-1-2-10-21/h4-9,12H,1-3,10-11,21H2,(H,22,25)(H,23,24). The van der Waals surface area contributed by atoms with Gasteiger partial charge in [-0.3, -0.25) is 4.79 Å². The molecule has 5 nitrogen and oxygen atoms in total. The number of hydrogen-bond acceptors (Lipinski definition) is 3. The van der Waals surface area contributed by atoms with Gasteiger partial charge in [-0.2, -0.15) is 0 Å². The molecule has 0 bridgehead atoms. The van der Waals surface area contributed by atoms with E-state index < -0.39 is 0 Å². The molecule has 2 aromatic carbocycles. The second kappa shape index (κ2) is 7.90.